The molecule has 5 nitrogen and oxygen atoms in total. The number of carbonyl (C=O) groups excluding carboxylic acids is 1. The number of rotatable bonds is 5. The normalized spacial score (nSPS) is 9.81. The minimum atomic E-state index is -1.16. The third-order valence-electron chi connectivity index (χ3n) is 1.95. The lowest BCUT2D eigenvalue weighted by Gasteiger charge is -2.03. The van der Waals surface area contributed by atoms with E-state index in [0.717, 1.165) is 12.8 Å². The Bertz CT molecular complexity index is 389. The van der Waals surface area contributed by atoms with Crippen molar-refractivity contribution < 1.29 is 19.4 Å². The molecule has 0 aliphatic heterocycles. The molecular formula is C11H13NO4. The first-order chi connectivity index (χ1) is 7.65. The average molecular weight is 223 g/mol. The smallest absolute Gasteiger partial charge is 0.354 e. The molecule has 0 atom stereocenters. The summed E-state index contributed by atoms with van der Waals surface area (Å²) < 4.78 is 4.94. The second kappa shape index (κ2) is 5.85. The molecule has 86 valence electrons. The molecule has 0 bridgehead atoms. The summed E-state index contributed by atoms with van der Waals surface area (Å²) in [7, 11) is 0. The third kappa shape index (κ3) is 3.34. The SMILES string of the molecule is CCCCOC(=O)c1ccnc(C(=O)O)c1. The number of aromatic nitrogens is 1. The molecule has 0 aromatic carbocycles. The summed E-state index contributed by atoms with van der Waals surface area (Å²) in [4.78, 5) is 25.7. The van der Waals surface area contributed by atoms with Crippen LogP contribution >= 0.6 is 0 Å². The maximum absolute atomic E-state index is 11.5. The zero-order chi connectivity index (χ0) is 12.0. The first-order valence-corrected chi connectivity index (χ1v) is 5.01. The lowest BCUT2D eigenvalue weighted by atomic mass is 10.2. The van der Waals surface area contributed by atoms with Gasteiger partial charge < -0.3 is 9.84 Å². The van der Waals surface area contributed by atoms with Crippen LogP contribution in [0.1, 0.15) is 40.6 Å². The van der Waals surface area contributed by atoms with Crippen molar-refractivity contribution >= 4 is 11.9 Å². The molecule has 0 saturated heterocycles. The number of carboxylic acids is 1. The molecular weight excluding hydrogens is 210 g/mol. The Balaban J connectivity index is 2.68. The molecule has 0 amide bonds. The van der Waals surface area contributed by atoms with Crippen molar-refractivity contribution in [2.75, 3.05) is 6.61 Å². The molecule has 1 rings (SSSR count). The van der Waals surface area contributed by atoms with Crippen molar-refractivity contribution in [3.05, 3.63) is 29.6 Å². The van der Waals surface area contributed by atoms with E-state index >= 15 is 0 Å². The van der Waals surface area contributed by atoms with E-state index in [1.54, 1.807) is 0 Å². The number of unbranched alkanes of at least 4 members (excludes halogenated alkanes) is 1. The van der Waals surface area contributed by atoms with Gasteiger partial charge in [-0.15, -0.1) is 0 Å². The minimum Gasteiger partial charge on any atom is -0.477 e. The highest BCUT2D eigenvalue weighted by molar-refractivity contribution is 5.93. The molecule has 0 aliphatic carbocycles. The van der Waals surface area contributed by atoms with Crippen LogP contribution in [0.4, 0.5) is 0 Å². The maximum Gasteiger partial charge on any atom is 0.354 e. The van der Waals surface area contributed by atoms with Gasteiger partial charge in [-0.1, -0.05) is 13.3 Å². The number of carboxylic acid groups (broad SMARTS) is 1. The number of hydrogen-bond acceptors (Lipinski definition) is 4. The number of pyridine rings is 1. The fraction of sp³-hybridized carbons (Fsp3) is 0.364. The van der Waals surface area contributed by atoms with Gasteiger partial charge in [0.1, 0.15) is 5.69 Å². The van der Waals surface area contributed by atoms with Crippen LogP contribution in [-0.2, 0) is 4.74 Å². The Morgan fingerprint density at radius 3 is 2.88 bits per heavy atom. The molecule has 1 aromatic rings. The second-order valence-corrected chi connectivity index (χ2v) is 3.22. The van der Waals surface area contributed by atoms with Gasteiger partial charge in [-0.25, -0.2) is 14.6 Å². The zero-order valence-corrected chi connectivity index (χ0v) is 8.97. The fourth-order valence-electron chi connectivity index (χ4n) is 1.07. The highest BCUT2D eigenvalue weighted by Crippen LogP contribution is 2.04. The lowest BCUT2D eigenvalue weighted by molar-refractivity contribution is 0.0499. The van der Waals surface area contributed by atoms with Gasteiger partial charge in [-0.2, -0.15) is 0 Å². The van der Waals surface area contributed by atoms with E-state index in [2.05, 4.69) is 4.98 Å². The Morgan fingerprint density at radius 2 is 2.25 bits per heavy atom. The van der Waals surface area contributed by atoms with Gasteiger partial charge in [0, 0.05) is 6.20 Å². The van der Waals surface area contributed by atoms with Crippen molar-refractivity contribution in [3.8, 4) is 0 Å². The van der Waals surface area contributed by atoms with E-state index in [-0.39, 0.29) is 11.3 Å². The van der Waals surface area contributed by atoms with Crippen molar-refractivity contribution in [2.24, 2.45) is 0 Å². The third-order valence-corrected chi connectivity index (χ3v) is 1.95. The number of ether oxygens (including phenoxy) is 1. The number of nitrogens with zero attached hydrogens (tertiary/aromatic N) is 1. The highest BCUT2D eigenvalue weighted by Gasteiger charge is 2.11. The number of carbonyl (C=O) groups is 2. The first kappa shape index (κ1) is 12.2. The van der Waals surface area contributed by atoms with E-state index in [1.807, 2.05) is 6.92 Å². The maximum atomic E-state index is 11.5. The summed E-state index contributed by atoms with van der Waals surface area (Å²) in [6.07, 6.45) is 3.01. The van der Waals surface area contributed by atoms with Crippen LogP contribution < -0.4 is 0 Å². The topological polar surface area (TPSA) is 76.5 Å². The molecule has 1 aromatic heterocycles. The Kier molecular flexibility index (Phi) is 4.44. The molecule has 0 aliphatic rings. The molecule has 0 saturated carbocycles. The van der Waals surface area contributed by atoms with Crippen LogP contribution in [0, 0.1) is 0 Å². The van der Waals surface area contributed by atoms with Crippen LogP contribution in [-0.4, -0.2) is 28.6 Å². The van der Waals surface area contributed by atoms with E-state index in [0.29, 0.717) is 6.61 Å². The van der Waals surface area contributed by atoms with Gasteiger partial charge in [0.05, 0.1) is 12.2 Å². The molecule has 16 heavy (non-hydrogen) atoms. The van der Waals surface area contributed by atoms with Gasteiger partial charge >= 0.3 is 11.9 Å². The summed E-state index contributed by atoms with van der Waals surface area (Å²) in [6, 6.07) is 2.64. The van der Waals surface area contributed by atoms with Crippen LogP contribution in [0.5, 0.6) is 0 Å². The quantitative estimate of drug-likeness (QED) is 0.607. The van der Waals surface area contributed by atoms with Crippen molar-refractivity contribution in [1.29, 1.82) is 0 Å². The summed E-state index contributed by atoms with van der Waals surface area (Å²) >= 11 is 0. The fourth-order valence-corrected chi connectivity index (χ4v) is 1.07. The zero-order valence-electron chi connectivity index (χ0n) is 8.97. The minimum absolute atomic E-state index is 0.162. The van der Waals surface area contributed by atoms with Gasteiger partial charge in [0.15, 0.2) is 0 Å². The lowest BCUT2D eigenvalue weighted by Crippen LogP contribution is -2.09. The molecule has 1 heterocycles. The Hall–Kier alpha value is -1.91. The number of hydrogen-bond donors (Lipinski definition) is 1. The van der Waals surface area contributed by atoms with Gasteiger partial charge in [0.2, 0.25) is 0 Å². The molecule has 0 radical (unpaired) electrons. The second-order valence-electron chi connectivity index (χ2n) is 3.22. The van der Waals surface area contributed by atoms with Crippen molar-refractivity contribution in [3.63, 3.8) is 0 Å². The van der Waals surface area contributed by atoms with Gasteiger partial charge in [0.25, 0.3) is 0 Å². The van der Waals surface area contributed by atoms with Gasteiger partial charge in [-0.05, 0) is 18.6 Å². The molecule has 0 unspecified atom stereocenters. The van der Waals surface area contributed by atoms with E-state index < -0.39 is 11.9 Å². The molecule has 0 fully saturated rings. The van der Waals surface area contributed by atoms with E-state index in [1.165, 1.54) is 18.3 Å². The van der Waals surface area contributed by atoms with Crippen molar-refractivity contribution in [1.82, 2.24) is 4.98 Å². The predicted molar refractivity (Wildman–Crippen MR) is 56.4 cm³/mol. The molecule has 1 N–H and O–H groups in total. The molecule has 0 spiro atoms. The van der Waals surface area contributed by atoms with E-state index in [9.17, 15) is 9.59 Å². The Morgan fingerprint density at radius 1 is 1.50 bits per heavy atom. The van der Waals surface area contributed by atoms with Crippen LogP contribution in [0.2, 0.25) is 0 Å². The highest BCUT2D eigenvalue weighted by atomic mass is 16.5. The summed E-state index contributed by atoms with van der Waals surface area (Å²) in [6.45, 7) is 2.34. The predicted octanol–water partition coefficient (Wildman–Crippen LogP) is 1.74. The van der Waals surface area contributed by atoms with Crippen LogP contribution in [0.25, 0.3) is 0 Å². The number of esters is 1. The van der Waals surface area contributed by atoms with Crippen LogP contribution in [0.3, 0.4) is 0 Å². The monoisotopic (exact) mass is 223 g/mol. The van der Waals surface area contributed by atoms with Crippen LogP contribution in [0.15, 0.2) is 18.3 Å². The van der Waals surface area contributed by atoms with Crippen molar-refractivity contribution in [2.45, 2.75) is 19.8 Å². The first-order valence-electron chi connectivity index (χ1n) is 5.01. The summed E-state index contributed by atoms with van der Waals surface area (Å²) in [5.74, 6) is -1.68. The standard InChI is InChI=1S/C11H13NO4/c1-2-3-6-16-11(15)8-4-5-12-9(7-8)10(13)14/h4-5,7H,2-3,6H2,1H3,(H,13,14). The average Bonchev–Trinajstić information content (AvgIpc) is 2.29. The summed E-state index contributed by atoms with van der Waals surface area (Å²) in [5.41, 5.74) is 0.0495. The largest absolute Gasteiger partial charge is 0.477 e. The number of aromatic carboxylic acids is 1. The van der Waals surface area contributed by atoms with E-state index in [4.69, 9.17) is 9.84 Å². The Labute approximate surface area is 93.1 Å². The summed E-state index contributed by atoms with van der Waals surface area (Å²) in [5, 5.41) is 8.69. The molecule has 5 heteroatoms. The van der Waals surface area contributed by atoms with Gasteiger partial charge in [-0.3, -0.25) is 0 Å².